The Labute approximate surface area is 171 Å². The van der Waals surface area contributed by atoms with E-state index in [-0.39, 0.29) is 5.91 Å². The fourth-order valence-corrected chi connectivity index (χ4v) is 3.79. The number of nitrogens with zero attached hydrogens (tertiary/aromatic N) is 3. The highest BCUT2D eigenvalue weighted by Crippen LogP contribution is 2.24. The summed E-state index contributed by atoms with van der Waals surface area (Å²) in [6, 6.07) is 16.1. The van der Waals surface area contributed by atoms with Gasteiger partial charge in [0.25, 0.3) is 5.91 Å². The van der Waals surface area contributed by atoms with Gasteiger partial charge in [0.2, 0.25) is 0 Å². The molecule has 0 radical (unpaired) electrons. The van der Waals surface area contributed by atoms with Gasteiger partial charge in [0.15, 0.2) is 0 Å². The van der Waals surface area contributed by atoms with Crippen LogP contribution in [0.3, 0.4) is 0 Å². The van der Waals surface area contributed by atoms with E-state index in [2.05, 4.69) is 36.3 Å². The third kappa shape index (κ3) is 4.25. The number of carbonyl (C=O) groups excluding carboxylic acids is 1. The highest BCUT2D eigenvalue weighted by atomic mass is 16.5. The summed E-state index contributed by atoms with van der Waals surface area (Å²) in [6.07, 6.45) is 0.814. The fourth-order valence-electron chi connectivity index (χ4n) is 3.79. The molecule has 0 spiro atoms. The van der Waals surface area contributed by atoms with Crippen LogP contribution in [0.4, 0.5) is 0 Å². The zero-order valence-electron chi connectivity index (χ0n) is 17.3. The van der Waals surface area contributed by atoms with Crippen LogP contribution in [-0.2, 0) is 38.0 Å². The summed E-state index contributed by atoms with van der Waals surface area (Å²) in [5, 5.41) is 4.67. The number of rotatable bonds is 5. The van der Waals surface area contributed by atoms with Gasteiger partial charge in [-0.15, -0.1) is 0 Å². The van der Waals surface area contributed by atoms with Crippen molar-refractivity contribution in [3.05, 3.63) is 87.7 Å². The van der Waals surface area contributed by atoms with Gasteiger partial charge in [0, 0.05) is 43.4 Å². The smallest absolute Gasteiger partial charge is 0.254 e. The molecule has 0 aliphatic carbocycles. The molecule has 1 aliphatic rings. The first-order valence-corrected chi connectivity index (χ1v) is 10.0. The van der Waals surface area contributed by atoms with Crippen LogP contribution in [0.2, 0.25) is 0 Å². The van der Waals surface area contributed by atoms with Crippen molar-refractivity contribution in [2.45, 2.75) is 40.0 Å². The van der Waals surface area contributed by atoms with Crippen molar-refractivity contribution in [1.29, 1.82) is 0 Å². The minimum Gasteiger partial charge on any atom is -0.370 e. The van der Waals surface area contributed by atoms with Gasteiger partial charge >= 0.3 is 0 Å². The molecule has 2 aromatic carbocycles. The molecule has 4 rings (SSSR count). The Balaban J connectivity index is 1.45. The molecule has 1 amide bonds. The molecule has 0 bridgehead atoms. The average molecular weight is 389 g/mol. The summed E-state index contributed by atoms with van der Waals surface area (Å²) in [7, 11) is 1.97. The lowest BCUT2D eigenvalue weighted by Crippen LogP contribution is -2.36. The highest BCUT2D eigenvalue weighted by molar-refractivity contribution is 5.94. The number of benzene rings is 2. The van der Waals surface area contributed by atoms with Crippen LogP contribution in [-0.4, -0.2) is 27.1 Å². The van der Waals surface area contributed by atoms with E-state index in [9.17, 15) is 4.79 Å². The zero-order chi connectivity index (χ0) is 20.4. The van der Waals surface area contributed by atoms with Crippen molar-refractivity contribution < 1.29 is 9.53 Å². The van der Waals surface area contributed by atoms with Gasteiger partial charge in [0.05, 0.1) is 18.9 Å². The Morgan fingerprint density at radius 1 is 1.00 bits per heavy atom. The molecular formula is C24H27N3O2. The van der Waals surface area contributed by atoms with Crippen molar-refractivity contribution in [2.24, 2.45) is 7.05 Å². The van der Waals surface area contributed by atoms with Gasteiger partial charge in [0.1, 0.15) is 0 Å². The summed E-state index contributed by atoms with van der Waals surface area (Å²) in [5.74, 6) is 0.0750. The standard InChI is InChI=1S/C24H27N3O2/c1-17-4-8-19(9-5-17)15-29-16-22-21-14-27(13-12-23(21)26(3)25-22)24(28)20-10-6-18(2)7-11-20/h4-11H,12-16H2,1-3H3. The van der Waals surface area contributed by atoms with Gasteiger partial charge < -0.3 is 9.64 Å². The van der Waals surface area contributed by atoms with Crippen LogP contribution in [0.1, 0.15) is 44.0 Å². The van der Waals surface area contributed by atoms with E-state index in [1.165, 1.54) is 11.3 Å². The molecule has 3 aromatic rings. The maximum atomic E-state index is 12.9. The average Bonchev–Trinajstić information content (AvgIpc) is 3.04. The molecule has 1 aliphatic heterocycles. The first-order valence-electron chi connectivity index (χ1n) is 10.0. The number of aromatic nitrogens is 2. The van der Waals surface area contributed by atoms with E-state index in [0.29, 0.717) is 26.3 Å². The second kappa shape index (κ2) is 8.21. The largest absolute Gasteiger partial charge is 0.370 e. The first kappa shape index (κ1) is 19.4. The van der Waals surface area contributed by atoms with E-state index in [1.54, 1.807) is 0 Å². The maximum absolute atomic E-state index is 12.9. The van der Waals surface area contributed by atoms with Crippen molar-refractivity contribution in [1.82, 2.24) is 14.7 Å². The molecule has 2 heterocycles. The quantitative estimate of drug-likeness (QED) is 0.664. The Morgan fingerprint density at radius 3 is 2.34 bits per heavy atom. The van der Waals surface area contributed by atoms with Crippen LogP contribution >= 0.6 is 0 Å². The van der Waals surface area contributed by atoms with Gasteiger partial charge in [-0.1, -0.05) is 47.5 Å². The summed E-state index contributed by atoms with van der Waals surface area (Å²) in [5.41, 5.74) is 7.54. The second-order valence-electron chi connectivity index (χ2n) is 7.82. The van der Waals surface area contributed by atoms with Gasteiger partial charge in [-0.25, -0.2) is 0 Å². The van der Waals surface area contributed by atoms with Crippen LogP contribution in [0, 0.1) is 13.8 Å². The number of aryl methyl sites for hydroxylation is 3. The van der Waals surface area contributed by atoms with Crippen molar-refractivity contribution in [2.75, 3.05) is 6.54 Å². The van der Waals surface area contributed by atoms with Crippen LogP contribution in [0.5, 0.6) is 0 Å². The monoisotopic (exact) mass is 389 g/mol. The van der Waals surface area contributed by atoms with Gasteiger partial charge in [-0.2, -0.15) is 5.10 Å². The minimum atomic E-state index is 0.0750. The predicted molar refractivity (Wildman–Crippen MR) is 113 cm³/mol. The first-order chi connectivity index (χ1) is 14.0. The molecule has 0 fully saturated rings. The van der Waals surface area contributed by atoms with E-state index in [4.69, 9.17) is 4.74 Å². The Morgan fingerprint density at radius 2 is 1.66 bits per heavy atom. The van der Waals surface area contributed by atoms with E-state index in [1.807, 2.05) is 47.8 Å². The van der Waals surface area contributed by atoms with Crippen molar-refractivity contribution >= 4 is 5.91 Å². The molecule has 5 nitrogen and oxygen atoms in total. The molecule has 0 N–H and O–H groups in total. The van der Waals surface area contributed by atoms with Crippen LogP contribution in [0.15, 0.2) is 48.5 Å². The summed E-state index contributed by atoms with van der Waals surface area (Å²) in [6.45, 7) is 6.40. The molecule has 0 saturated heterocycles. The number of hydrogen-bond donors (Lipinski definition) is 0. The molecule has 0 atom stereocenters. The number of fused-ring (bicyclic) bond motifs is 1. The van der Waals surface area contributed by atoms with E-state index in [0.717, 1.165) is 34.4 Å². The topological polar surface area (TPSA) is 47.4 Å². The lowest BCUT2D eigenvalue weighted by molar-refractivity contribution is 0.0728. The number of hydrogen-bond acceptors (Lipinski definition) is 3. The Kier molecular flexibility index (Phi) is 5.49. The summed E-state index contributed by atoms with van der Waals surface area (Å²) >= 11 is 0. The Bertz CT molecular complexity index is 1000. The third-order valence-electron chi connectivity index (χ3n) is 5.54. The van der Waals surface area contributed by atoms with Crippen molar-refractivity contribution in [3.63, 3.8) is 0 Å². The lowest BCUT2D eigenvalue weighted by Gasteiger charge is -2.28. The SMILES string of the molecule is Cc1ccc(COCc2nn(C)c3c2CN(C(=O)c2ccc(C)cc2)CC3)cc1. The van der Waals surface area contributed by atoms with Crippen molar-refractivity contribution in [3.8, 4) is 0 Å². The number of ether oxygens (including phenoxy) is 1. The predicted octanol–water partition coefficient (Wildman–Crippen LogP) is 3.95. The molecule has 0 unspecified atom stereocenters. The van der Waals surface area contributed by atoms with E-state index >= 15 is 0 Å². The molecule has 1 aromatic heterocycles. The van der Waals surface area contributed by atoms with Crippen LogP contribution in [0.25, 0.3) is 0 Å². The molecule has 0 saturated carbocycles. The van der Waals surface area contributed by atoms with Gasteiger partial charge in [-0.3, -0.25) is 9.48 Å². The normalized spacial score (nSPS) is 13.4. The zero-order valence-corrected chi connectivity index (χ0v) is 17.3. The summed E-state index contributed by atoms with van der Waals surface area (Å²) < 4.78 is 7.88. The van der Waals surface area contributed by atoms with Gasteiger partial charge in [-0.05, 0) is 31.5 Å². The number of amides is 1. The molecule has 150 valence electrons. The second-order valence-corrected chi connectivity index (χ2v) is 7.82. The maximum Gasteiger partial charge on any atom is 0.254 e. The number of carbonyl (C=O) groups is 1. The lowest BCUT2D eigenvalue weighted by atomic mass is 10.0. The highest BCUT2D eigenvalue weighted by Gasteiger charge is 2.27. The molecule has 5 heteroatoms. The molecule has 29 heavy (non-hydrogen) atoms. The third-order valence-corrected chi connectivity index (χ3v) is 5.54. The van der Waals surface area contributed by atoms with Crippen LogP contribution < -0.4 is 0 Å². The fraction of sp³-hybridized carbons (Fsp3) is 0.333. The minimum absolute atomic E-state index is 0.0750. The molecular weight excluding hydrogens is 362 g/mol. The Hall–Kier alpha value is -2.92. The van der Waals surface area contributed by atoms with E-state index < -0.39 is 0 Å². The summed E-state index contributed by atoms with van der Waals surface area (Å²) in [4.78, 5) is 14.8.